The van der Waals surface area contributed by atoms with E-state index in [-0.39, 0.29) is 5.95 Å². The second-order valence-electron chi connectivity index (χ2n) is 5.08. The molecule has 0 rings (SSSR count). The molecule has 0 heterocycles. The Morgan fingerprint density at radius 1 is 0.957 bits per heavy atom. The fourth-order valence-corrected chi connectivity index (χ4v) is 1.86. The van der Waals surface area contributed by atoms with Crippen molar-refractivity contribution in [3.05, 3.63) is 12.0 Å². The molecule has 0 aliphatic carbocycles. The molecule has 0 amide bonds. The fourth-order valence-electron chi connectivity index (χ4n) is 1.47. The highest BCUT2D eigenvalue weighted by Crippen LogP contribution is 2.38. The van der Waals surface area contributed by atoms with Gasteiger partial charge in [0.25, 0.3) is 5.95 Å². The maximum atomic E-state index is 11.1. The third kappa shape index (κ3) is 14.7. The molecule has 138 valence electrons. The van der Waals surface area contributed by atoms with E-state index < -0.39 is 14.1 Å². The number of ether oxygens (including phenoxy) is 3. The van der Waals surface area contributed by atoms with Gasteiger partial charge in [0, 0.05) is 0 Å². The predicted molar refractivity (Wildman–Crippen MR) is 87.6 cm³/mol. The van der Waals surface area contributed by atoms with Gasteiger partial charge in [-0.05, 0) is 19.3 Å². The van der Waals surface area contributed by atoms with E-state index in [2.05, 4.69) is 4.52 Å². The van der Waals surface area contributed by atoms with Gasteiger partial charge in [-0.25, -0.2) is 4.57 Å². The first kappa shape index (κ1) is 22.4. The predicted octanol–water partition coefficient (Wildman–Crippen LogP) is 3.71. The molecule has 0 aromatic carbocycles. The Morgan fingerprint density at radius 2 is 1.43 bits per heavy atom. The van der Waals surface area contributed by atoms with Crippen LogP contribution in [0.2, 0.25) is 0 Å². The second-order valence-corrected chi connectivity index (χ2v) is 6.27. The van der Waals surface area contributed by atoms with E-state index >= 15 is 0 Å². The summed E-state index contributed by atoms with van der Waals surface area (Å²) < 4.78 is 32.1. The Balaban J connectivity index is 4.80. The van der Waals surface area contributed by atoms with Gasteiger partial charge in [0.15, 0.2) is 6.29 Å². The zero-order valence-corrected chi connectivity index (χ0v) is 15.3. The van der Waals surface area contributed by atoms with Crippen LogP contribution < -0.4 is 0 Å². The number of unbranched alkanes of at least 4 members (excludes halogenated alkanes) is 3. The van der Waals surface area contributed by atoms with Crippen molar-refractivity contribution in [1.29, 1.82) is 0 Å². The molecule has 8 heteroatoms. The molecule has 1 atom stereocenters. The molecule has 23 heavy (non-hydrogen) atoms. The van der Waals surface area contributed by atoms with Crippen molar-refractivity contribution in [2.45, 2.75) is 65.6 Å². The van der Waals surface area contributed by atoms with Crippen molar-refractivity contribution in [1.82, 2.24) is 0 Å². The summed E-state index contributed by atoms with van der Waals surface area (Å²) in [6, 6.07) is 0. The van der Waals surface area contributed by atoms with Crippen molar-refractivity contribution in [3.63, 3.8) is 0 Å². The van der Waals surface area contributed by atoms with Crippen molar-refractivity contribution >= 4 is 7.82 Å². The largest absolute Gasteiger partial charge is 0.472 e. The van der Waals surface area contributed by atoms with E-state index in [1.165, 1.54) is 6.08 Å². The van der Waals surface area contributed by atoms with Gasteiger partial charge < -0.3 is 24.0 Å². The molecule has 0 radical (unpaired) electrons. The van der Waals surface area contributed by atoms with Gasteiger partial charge in [-0.2, -0.15) is 0 Å². The summed E-state index contributed by atoms with van der Waals surface area (Å²) in [6.07, 6.45) is 5.44. The quantitative estimate of drug-likeness (QED) is 0.200. The first-order valence-corrected chi connectivity index (χ1v) is 9.78. The van der Waals surface area contributed by atoms with Gasteiger partial charge in [-0.3, -0.25) is 4.52 Å². The van der Waals surface area contributed by atoms with Crippen LogP contribution >= 0.6 is 7.82 Å². The van der Waals surface area contributed by atoms with Crippen LogP contribution in [0.4, 0.5) is 0 Å². The van der Waals surface area contributed by atoms with Gasteiger partial charge in [0.05, 0.1) is 25.9 Å². The molecule has 0 aromatic heterocycles. The van der Waals surface area contributed by atoms with Crippen molar-refractivity contribution in [2.24, 2.45) is 0 Å². The smallest absolute Gasteiger partial charge is 0.466 e. The second kappa shape index (κ2) is 13.8. The third-order valence-corrected chi connectivity index (χ3v) is 3.26. The summed E-state index contributed by atoms with van der Waals surface area (Å²) >= 11 is 0. The molecule has 0 saturated heterocycles. The lowest BCUT2D eigenvalue weighted by Gasteiger charge is -2.18. The van der Waals surface area contributed by atoms with Gasteiger partial charge in [-0.15, -0.1) is 0 Å². The van der Waals surface area contributed by atoms with Crippen LogP contribution in [0.1, 0.15) is 59.3 Å². The van der Waals surface area contributed by atoms with Gasteiger partial charge in [0.2, 0.25) is 0 Å². The standard InChI is InChI=1S/C15H31O7P/c1-4-7-10-19-14(20-11-8-5-2)13-15(21-12-9-6-3)22-23(16,17)18/h13,15H,4-12H2,1-3H3,(H2,16,17,18). The van der Waals surface area contributed by atoms with E-state index in [1.807, 2.05) is 20.8 Å². The molecule has 0 saturated carbocycles. The molecule has 2 N–H and O–H groups in total. The van der Waals surface area contributed by atoms with Crippen LogP contribution in [0, 0.1) is 0 Å². The molecule has 7 nitrogen and oxygen atoms in total. The highest BCUT2D eigenvalue weighted by atomic mass is 31.2. The van der Waals surface area contributed by atoms with Crippen LogP contribution in [0.5, 0.6) is 0 Å². The van der Waals surface area contributed by atoms with Gasteiger partial charge in [0.1, 0.15) is 0 Å². The van der Waals surface area contributed by atoms with Gasteiger partial charge >= 0.3 is 7.82 Å². The lowest BCUT2D eigenvalue weighted by Crippen LogP contribution is -2.16. The lowest BCUT2D eigenvalue weighted by molar-refractivity contribution is -0.0687. The SMILES string of the molecule is CCCCOC(=CC(OCCCC)OP(=O)(O)O)OCCCC. The topological polar surface area (TPSA) is 94.5 Å². The maximum absolute atomic E-state index is 11.1. The van der Waals surface area contributed by atoms with Crippen LogP contribution in [0.25, 0.3) is 0 Å². The minimum absolute atomic E-state index is 0.182. The number of hydrogen-bond donors (Lipinski definition) is 2. The Labute approximate surface area is 139 Å². The van der Waals surface area contributed by atoms with Crippen molar-refractivity contribution in [3.8, 4) is 0 Å². The molecule has 0 aliphatic heterocycles. The number of phosphoric ester groups is 1. The molecule has 0 aromatic rings. The average Bonchev–Trinajstić information content (AvgIpc) is 2.46. The van der Waals surface area contributed by atoms with E-state index in [0.717, 1.165) is 38.5 Å². The summed E-state index contributed by atoms with van der Waals surface area (Å²) in [7, 11) is -4.67. The molecule has 0 spiro atoms. The normalized spacial score (nSPS) is 12.7. The Kier molecular flexibility index (Phi) is 13.5. The Bertz CT molecular complexity index is 342. The van der Waals surface area contributed by atoms with Crippen LogP contribution in [0.3, 0.4) is 0 Å². The number of hydrogen-bond acceptors (Lipinski definition) is 5. The molecule has 1 unspecified atom stereocenters. The highest BCUT2D eigenvalue weighted by molar-refractivity contribution is 7.46. The zero-order chi connectivity index (χ0) is 17.6. The molecule has 0 aliphatic rings. The number of rotatable bonds is 15. The zero-order valence-electron chi connectivity index (χ0n) is 14.4. The van der Waals surface area contributed by atoms with Crippen molar-refractivity contribution in [2.75, 3.05) is 19.8 Å². The van der Waals surface area contributed by atoms with Crippen LogP contribution in [-0.2, 0) is 23.3 Å². The monoisotopic (exact) mass is 354 g/mol. The molecular formula is C15H31O7P. The Morgan fingerprint density at radius 3 is 1.87 bits per heavy atom. The summed E-state index contributed by atoms with van der Waals surface area (Å²) in [5.41, 5.74) is 0. The lowest BCUT2D eigenvalue weighted by atomic mass is 10.3. The van der Waals surface area contributed by atoms with E-state index in [1.54, 1.807) is 0 Å². The van der Waals surface area contributed by atoms with Crippen molar-refractivity contribution < 1.29 is 33.1 Å². The first-order chi connectivity index (χ1) is 10.9. The van der Waals surface area contributed by atoms with E-state index in [4.69, 9.17) is 24.0 Å². The minimum atomic E-state index is -4.67. The first-order valence-electron chi connectivity index (χ1n) is 8.25. The Hall–Kier alpha value is -0.590. The van der Waals surface area contributed by atoms with Gasteiger partial charge in [-0.1, -0.05) is 40.0 Å². The third-order valence-electron chi connectivity index (χ3n) is 2.78. The molecule has 0 bridgehead atoms. The minimum Gasteiger partial charge on any atom is -0.466 e. The van der Waals surface area contributed by atoms with E-state index in [0.29, 0.717) is 19.8 Å². The van der Waals surface area contributed by atoms with Crippen LogP contribution in [-0.4, -0.2) is 35.9 Å². The fraction of sp³-hybridized carbons (Fsp3) is 0.867. The summed E-state index contributed by atoms with van der Waals surface area (Å²) in [4.78, 5) is 18.0. The maximum Gasteiger partial charge on any atom is 0.472 e. The molecular weight excluding hydrogens is 323 g/mol. The van der Waals surface area contributed by atoms with Crippen LogP contribution in [0.15, 0.2) is 12.0 Å². The molecule has 0 fully saturated rings. The van der Waals surface area contributed by atoms with E-state index in [9.17, 15) is 4.57 Å². The number of phosphoric acid groups is 1. The highest BCUT2D eigenvalue weighted by Gasteiger charge is 2.22. The average molecular weight is 354 g/mol. The summed E-state index contributed by atoms with van der Waals surface area (Å²) in [5.74, 6) is 0.182. The summed E-state index contributed by atoms with van der Waals surface area (Å²) in [5, 5.41) is 0. The summed E-state index contributed by atoms with van der Waals surface area (Å²) in [6.45, 7) is 7.33.